The van der Waals surface area contributed by atoms with Gasteiger partial charge in [0.25, 0.3) is 0 Å². The summed E-state index contributed by atoms with van der Waals surface area (Å²) in [4.78, 5) is 21.8. The molecule has 2 unspecified atom stereocenters. The van der Waals surface area contributed by atoms with Gasteiger partial charge in [-0.15, -0.1) is 0 Å². The molecule has 0 aromatic heterocycles. The summed E-state index contributed by atoms with van der Waals surface area (Å²) >= 11 is 0. The topological polar surface area (TPSA) is 66.4 Å². The first-order valence-corrected chi connectivity index (χ1v) is 4.51. The minimum Gasteiger partial charge on any atom is -0.480 e. The van der Waals surface area contributed by atoms with Crippen molar-refractivity contribution in [2.45, 2.75) is 38.8 Å². The van der Waals surface area contributed by atoms with E-state index >= 15 is 0 Å². The molecular formula is C9H15NO3. The summed E-state index contributed by atoms with van der Waals surface area (Å²) in [6, 6.07) is -0.670. The van der Waals surface area contributed by atoms with E-state index in [1.54, 1.807) is 0 Å². The molecule has 74 valence electrons. The Morgan fingerprint density at radius 1 is 1.54 bits per heavy atom. The van der Waals surface area contributed by atoms with Crippen molar-refractivity contribution < 1.29 is 14.7 Å². The lowest BCUT2D eigenvalue weighted by atomic mass is 9.90. The van der Waals surface area contributed by atoms with Crippen LogP contribution >= 0.6 is 0 Å². The third-order valence-corrected chi connectivity index (χ3v) is 2.40. The Balaban J connectivity index is 2.63. The molecule has 0 radical (unpaired) electrons. The molecule has 1 fully saturated rings. The van der Waals surface area contributed by atoms with Gasteiger partial charge < -0.3 is 10.4 Å². The highest BCUT2D eigenvalue weighted by Gasteiger charge is 2.31. The van der Waals surface area contributed by atoms with E-state index in [9.17, 15) is 9.59 Å². The number of Topliss-reactive ketones (excluding diaryl/α,β-unsaturated/α-hetero) is 1. The van der Waals surface area contributed by atoms with Crippen LogP contribution in [0.3, 0.4) is 0 Å². The van der Waals surface area contributed by atoms with Crippen LogP contribution in [0.25, 0.3) is 0 Å². The fourth-order valence-corrected chi connectivity index (χ4v) is 1.52. The largest absolute Gasteiger partial charge is 0.480 e. The molecule has 0 spiro atoms. The SMILES string of the molecule is CC(C)C1CC(=O)CC(C(=O)O)N1. The highest BCUT2D eigenvalue weighted by atomic mass is 16.4. The van der Waals surface area contributed by atoms with Crippen LogP contribution in [0.1, 0.15) is 26.7 Å². The van der Waals surface area contributed by atoms with E-state index < -0.39 is 12.0 Å². The smallest absolute Gasteiger partial charge is 0.321 e. The van der Waals surface area contributed by atoms with Crippen molar-refractivity contribution in [2.75, 3.05) is 0 Å². The average Bonchev–Trinajstić information content (AvgIpc) is 2.03. The Hall–Kier alpha value is -0.900. The van der Waals surface area contributed by atoms with Gasteiger partial charge in [0.1, 0.15) is 11.8 Å². The molecular weight excluding hydrogens is 170 g/mol. The molecule has 1 rings (SSSR count). The van der Waals surface area contributed by atoms with Crippen molar-refractivity contribution in [3.8, 4) is 0 Å². The number of nitrogens with one attached hydrogen (secondary N) is 1. The maximum absolute atomic E-state index is 11.2. The molecule has 0 aromatic rings. The lowest BCUT2D eigenvalue weighted by molar-refractivity contribution is -0.143. The Morgan fingerprint density at radius 2 is 2.15 bits per heavy atom. The number of ketones is 1. The zero-order chi connectivity index (χ0) is 10.0. The number of piperidine rings is 1. The van der Waals surface area contributed by atoms with E-state index in [2.05, 4.69) is 5.32 Å². The van der Waals surface area contributed by atoms with Crippen molar-refractivity contribution in [1.29, 1.82) is 0 Å². The van der Waals surface area contributed by atoms with Gasteiger partial charge in [-0.05, 0) is 5.92 Å². The minimum absolute atomic E-state index is 0.0161. The number of hydrogen-bond acceptors (Lipinski definition) is 3. The first kappa shape index (κ1) is 10.2. The van der Waals surface area contributed by atoms with E-state index in [1.165, 1.54) is 0 Å². The van der Waals surface area contributed by atoms with Crippen LogP contribution in [-0.2, 0) is 9.59 Å². The summed E-state index contributed by atoms with van der Waals surface area (Å²) in [5.74, 6) is -0.588. The highest BCUT2D eigenvalue weighted by Crippen LogP contribution is 2.15. The molecule has 0 aliphatic carbocycles. The van der Waals surface area contributed by atoms with Gasteiger partial charge in [0.05, 0.1) is 0 Å². The molecule has 0 bridgehead atoms. The molecule has 1 aliphatic heterocycles. The average molecular weight is 185 g/mol. The zero-order valence-electron chi connectivity index (χ0n) is 7.91. The monoisotopic (exact) mass is 185 g/mol. The van der Waals surface area contributed by atoms with Gasteiger partial charge in [-0.2, -0.15) is 0 Å². The summed E-state index contributed by atoms with van der Waals surface area (Å²) in [6.07, 6.45) is 0.583. The molecule has 2 atom stereocenters. The Morgan fingerprint density at radius 3 is 2.62 bits per heavy atom. The fourth-order valence-electron chi connectivity index (χ4n) is 1.52. The van der Waals surface area contributed by atoms with Crippen LogP contribution in [0.15, 0.2) is 0 Å². The summed E-state index contributed by atoms with van der Waals surface area (Å²) < 4.78 is 0. The van der Waals surface area contributed by atoms with Crippen molar-refractivity contribution in [3.05, 3.63) is 0 Å². The van der Waals surface area contributed by atoms with Crippen LogP contribution in [0.4, 0.5) is 0 Å². The van der Waals surface area contributed by atoms with Gasteiger partial charge >= 0.3 is 5.97 Å². The summed E-state index contributed by atoms with van der Waals surface area (Å²) in [5, 5.41) is 11.7. The van der Waals surface area contributed by atoms with Crippen molar-refractivity contribution >= 4 is 11.8 Å². The van der Waals surface area contributed by atoms with E-state index in [0.29, 0.717) is 12.3 Å². The summed E-state index contributed by atoms with van der Waals surface area (Å²) in [7, 11) is 0. The van der Waals surface area contributed by atoms with Crippen molar-refractivity contribution in [2.24, 2.45) is 5.92 Å². The quantitative estimate of drug-likeness (QED) is 0.654. The molecule has 0 saturated carbocycles. The predicted octanol–water partition coefficient (Wildman–Crippen LogP) is 0.417. The molecule has 2 N–H and O–H groups in total. The second-order valence-corrected chi connectivity index (χ2v) is 3.85. The molecule has 4 heteroatoms. The third-order valence-electron chi connectivity index (χ3n) is 2.40. The van der Waals surface area contributed by atoms with E-state index in [4.69, 9.17) is 5.11 Å². The number of carbonyl (C=O) groups excluding carboxylic acids is 1. The lowest BCUT2D eigenvalue weighted by Gasteiger charge is -2.30. The number of aliphatic carboxylic acids is 1. The first-order valence-electron chi connectivity index (χ1n) is 4.51. The molecule has 1 heterocycles. The Labute approximate surface area is 77.3 Å². The maximum Gasteiger partial charge on any atom is 0.321 e. The van der Waals surface area contributed by atoms with Gasteiger partial charge in [0.2, 0.25) is 0 Å². The first-order chi connectivity index (χ1) is 6.00. The second-order valence-electron chi connectivity index (χ2n) is 3.85. The van der Waals surface area contributed by atoms with Gasteiger partial charge in [-0.3, -0.25) is 9.59 Å². The lowest BCUT2D eigenvalue weighted by Crippen LogP contribution is -2.51. The van der Waals surface area contributed by atoms with Gasteiger partial charge in [-0.25, -0.2) is 0 Å². The predicted molar refractivity (Wildman–Crippen MR) is 47.4 cm³/mol. The fraction of sp³-hybridized carbons (Fsp3) is 0.778. The molecule has 4 nitrogen and oxygen atoms in total. The van der Waals surface area contributed by atoms with Crippen LogP contribution in [0.5, 0.6) is 0 Å². The van der Waals surface area contributed by atoms with Gasteiger partial charge in [-0.1, -0.05) is 13.8 Å². The molecule has 13 heavy (non-hydrogen) atoms. The third kappa shape index (κ3) is 2.52. The van der Waals surface area contributed by atoms with E-state index in [1.807, 2.05) is 13.8 Å². The van der Waals surface area contributed by atoms with Crippen LogP contribution in [-0.4, -0.2) is 28.9 Å². The highest BCUT2D eigenvalue weighted by molar-refractivity contribution is 5.87. The van der Waals surface area contributed by atoms with Crippen LogP contribution in [0, 0.1) is 5.92 Å². The number of hydrogen-bond donors (Lipinski definition) is 2. The number of rotatable bonds is 2. The van der Waals surface area contributed by atoms with Crippen molar-refractivity contribution in [3.63, 3.8) is 0 Å². The second kappa shape index (κ2) is 3.87. The minimum atomic E-state index is -0.932. The summed E-state index contributed by atoms with van der Waals surface area (Å²) in [5.41, 5.74) is 0. The normalized spacial score (nSPS) is 29.3. The Kier molecular flexibility index (Phi) is 3.03. The summed E-state index contributed by atoms with van der Waals surface area (Å²) in [6.45, 7) is 3.96. The van der Waals surface area contributed by atoms with E-state index in [0.717, 1.165) is 0 Å². The van der Waals surface area contributed by atoms with Crippen molar-refractivity contribution in [1.82, 2.24) is 5.32 Å². The van der Waals surface area contributed by atoms with E-state index in [-0.39, 0.29) is 18.2 Å². The van der Waals surface area contributed by atoms with Crippen LogP contribution in [0.2, 0.25) is 0 Å². The maximum atomic E-state index is 11.2. The standard InChI is InChI=1S/C9H15NO3/c1-5(2)7-3-6(11)4-8(10-7)9(12)13/h5,7-8,10H,3-4H2,1-2H3,(H,12,13). The molecule has 1 aliphatic rings. The van der Waals surface area contributed by atoms with Gasteiger partial charge in [0, 0.05) is 18.9 Å². The van der Waals surface area contributed by atoms with Gasteiger partial charge in [0.15, 0.2) is 0 Å². The van der Waals surface area contributed by atoms with Crippen LogP contribution < -0.4 is 5.32 Å². The molecule has 0 amide bonds. The Bertz CT molecular complexity index is 225. The molecule has 1 saturated heterocycles. The number of carboxylic acids is 1. The zero-order valence-corrected chi connectivity index (χ0v) is 7.91. The number of carbonyl (C=O) groups is 2. The number of carboxylic acid groups (broad SMARTS) is 1. The molecule has 0 aromatic carbocycles.